The second-order valence-corrected chi connectivity index (χ2v) is 2.78. The lowest BCUT2D eigenvalue weighted by molar-refractivity contribution is -0.128. The average Bonchev–Trinajstić information content (AvgIpc) is 1.82. The first-order chi connectivity index (χ1) is 4.54. The number of thiocarbonyl (C=S) groups is 1. The number of amides is 1. The summed E-state index contributed by atoms with van der Waals surface area (Å²) in [5, 5.41) is 0. The van der Waals surface area contributed by atoms with Crippen LogP contribution in [0.15, 0.2) is 0 Å². The molecule has 0 atom stereocenters. The minimum Gasteiger partial charge on any atom is -0.393 e. The number of carbonyl (C=O) groups excluding carboxylic acids is 1. The van der Waals surface area contributed by atoms with Crippen molar-refractivity contribution in [2.75, 3.05) is 14.1 Å². The van der Waals surface area contributed by atoms with Crippen molar-refractivity contribution in [1.82, 2.24) is 4.90 Å². The van der Waals surface area contributed by atoms with Crippen LogP contribution in [0, 0.1) is 0 Å². The molecule has 0 aliphatic rings. The lowest BCUT2D eigenvalue weighted by Crippen LogP contribution is -2.23. The van der Waals surface area contributed by atoms with Gasteiger partial charge in [0.1, 0.15) is 0 Å². The van der Waals surface area contributed by atoms with Gasteiger partial charge in [0, 0.05) is 26.9 Å². The highest BCUT2D eigenvalue weighted by Crippen LogP contribution is 1.92. The predicted octanol–water partition coefficient (Wildman–Crippen LogP) is 0.141. The summed E-state index contributed by atoms with van der Waals surface area (Å²) in [5.74, 6) is 0.0628. The van der Waals surface area contributed by atoms with E-state index in [9.17, 15) is 4.79 Å². The summed E-state index contributed by atoms with van der Waals surface area (Å²) in [5.41, 5.74) is 5.20. The Morgan fingerprint density at radius 2 is 2.00 bits per heavy atom. The third kappa shape index (κ3) is 4.26. The summed E-state index contributed by atoms with van der Waals surface area (Å²) in [7, 11) is 3.42. The summed E-state index contributed by atoms with van der Waals surface area (Å²) in [6, 6.07) is 0. The molecular formula is C6H12N2OS. The van der Waals surface area contributed by atoms with Gasteiger partial charge in [-0.15, -0.1) is 0 Å². The lowest BCUT2D eigenvalue weighted by Gasteiger charge is -2.08. The SMILES string of the molecule is CN(C)C(=O)CCC(N)=S. The molecule has 3 nitrogen and oxygen atoms in total. The van der Waals surface area contributed by atoms with Crippen molar-refractivity contribution in [2.45, 2.75) is 12.8 Å². The van der Waals surface area contributed by atoms with E-state index < -0.39 is 0 Å². The maximum absolute atomic E-state index is 10.9. The molecule has 0 heterocycles. The highest BCUT2D eigenvalue weighted by Gasteiger charge is 2.02. The fourth-order valence-corrected chi connectivity index (χ4v) is 0.556. The van der Waals surface area contributed by atoms with Gasteiger partial charge in [-0.3, -0.25) is 4.79 Å². The van der Waals surface area contributed by atoms with Crippen LogP contribution < -0.4 is 5.73 Å². The Morgan fingerprint density at radius 1 is 1.50 bits per heavy atom. The first kappa shape index (κ1) is 9.36. The fraction of sp³-hybridized carbons (Fsp3) is 0.667. The Hall–Kier alpha value is -0.640. The number of nitrogens with two attached hydrogens (primary N) is 1. The zero-order valence-electron chi connectivity index (χ0n) is 6.26. The Balaban J connectivity index is 3.50. The Kier molecular flexibility index (Phi) is 3.95. The average molecular weight is 160 g/mol. The van der Waals surface area contributed by atoms with E-state index in [0.29, 0.717) is 17.8 Å². The summed E-state index contributed by atoms with van der Waals surface area (Å²) < 4.78 is 0. The molecule has 0 aromatic heterocycles. The van der Waals surface area contributed by atoms with Gasteiger partial charge in [-0.2, -0.15) is 0 Å². The molecule has 0 radical (unpaired) electrons. The topological polar surface area (TPSA) is 46.3 Å². The van der Waals surface area contributed by atoms with Gasteiger partial charge < -0.3 is 10.6 Å². The van der Waals surface area contributed by atoms with Gasteiger partial charge in [0.2, 0.25) is 5.91 Å². The van der Waals surface area contributed by atoms with Crippen LogP contribution >= 0.6 is 12.2 Å². The van der Waals surface area contributed by atoms with E-state index in [2.05, 4.69) is 12.2 Å². The molecule has 0 unspecified atom stereocenters. The van der Waals surface area contributed by atoms with Crippen molar-refractivity contribution in [2.24, 2.45) is 5.73 Å². The molecule has 0 fully saturated rings. The van der Waals surface area contributed by atoms with Crippen molar-refractivity contribution in [3.63, 3.8) is 0 Å². The minimum absolute atomic E-state index is 0.0628. The minimum atomic E-state index is 0.0628. The highest BCUT2D eigenvalue weighted by molar-refractivity contribution is 7.80. The van der Waals surface area contributed by atoms with E-state index >= 15 is 0 Å². The van der Waals surface area contributed by atoms with Gasteiger partial charge in [-0.25, -0.2) is 0 Å². The van der Waals surface area contributed by atoms with Crippen LogP contribution in [0.5, 0.6) is 0 Å². The van der Waals surface area contributed by atoms with E-state index in [4.69, 9.17) is 5.73 Å². The summed E-state index contributed by atoms with van der Waals surface area (Å²) in [6.07, 6.45) is 0.925. The van der Waals surface area contributed by atoms with Crippen molar-refractivity contribution in [3.8, 4) is 0 Å². The molecule has 0 aromatic rings. The second-order valence-electron chi connectivity index (χ2n) is 2.25. The highest BCUT2D eigenvalue weighted by atomic mass is 32.1. The first-order valence-corrected chi connectivity index (χ1v) is 3.43. The summed E-state index contributed by atoms with van der Waals surface area (Å²) >= 11 is 4.61. The molecule has 0 bridgehead atoms. The lowest BCUT2D eigenvalue weighted by atomic mass is 10.3. The van der Waals surface area contributed by atoms with Crippen LogP contribution in [0.1, 0.15) is 12.8 Å². The number of carbonyl (C=O) groups is 1. The third-order valence-electron chi connectivity index (χ3n) is 1.08. The third-order valence-corrected chi connectivity index (χ3v) is 1.29. The summed E-state index contributed by atoms with van der Waals surface area (Å²) in [6.45, 7) is 0. The van der Waals surface area contributed by atoms with Crippen molar-refractivity contribution in [3.05, 3.63) is 0 Å². The molecule has 58 valence electrons. The molecule has 2 N–H and O–H groups in total. The zero-order valence-corrected chi connectivity index (χ0v) is 7.07. The Labute approximate surface area is 66.2 Å². The monoisotopic (exact) mass is 160 g/mol. The zero-order chi connectivity index (χ0) is 8.15. The normalized spacial score (nSPS) is 9.00. The number of rotatable bonds is 3. The first-order valence-electron chi connectivity index (χ1n) is 3.02. The molecule has 0 saturated carbocycles. The second kappa shape index (κ2) is 4.22. The maximum Gasteiger partial charge on any atom is 0.222 e. The van der Waals surface area contributed by atoms with Gasteiger partial charge in [0.25, 0.3) is 0 Å². The van der Waals surface area contributed by atoms with E-state index in [1.54, 1.807) is 14.1 Å². The van der Waals surface area contributed by atoms with E-state index in [-0.39, 0.29) is 5.91 Å². The van der Waals surface area contributed by atoms with Gasteiger partial charge in [-0.05, 0) is 0 Å². The molecule has 0 aromatic carbocycles. The largest absolute Gasteiger partial charge is 0.393 e. The molecule has 10 heavy (non-hydrogen) atoms. The van der Waals surface area contributed by atoms with Crippen molar-refractivity contribution < 1.29 is 4.79 Å². The fourth-order valence-electron chi connectivity index (χ4n) is 0.454. The van der Waals surface area contributed by atoms with Crippen LogP contribution in [0.4, 0.5) is 0 Å². The van der Waals surface area contributed by atoms with Gasteiger partial charge in [-0.1, -0.05) is 12.2 Å². The molecular weight excluding hydrogens is 148 g/mol. The van der Waals surface area contributed by atoms with Gasteiger partial charge in [0.15, 0.2) is 0 Å². The smallest absolute Gasteiger partial charge is 0.222 e. The molecule has 0 rings (SSSR count). The molecule has 0 aliphatic heterocycles. The van der Waals surface area contributed by atoms with Crippen LogP contribution in [-0.4, -0.2) is 29.9 Å². The van der Waals surface area contributed by atoms with Crippen molar-refractivity contribution >= 4 is 23.1 Å². The Morgan fingerprint density at radius 3 is 2.30 bits per heavy atom. The quantitative estimate of drug-likeness (QED) is 0.597. The standard InChI is InChI=1S/C6H12N2OS/c1-8(2)6(9)4-3-5(7)10/h3-4H2,1-2H3,(H2,7,10). The molecule has 0 aliphatic carbocycles. The van der Waals surface area contributed by atoms with Crippen LogP contribution in [0.3, 0.4) is 0 Å². The number of nitrogens with zero attached hydrogens (tertiary/aromatic N) is 1. The molecule has 4 heteroatoms. The maximum atomic E-state index is 10.9. The van der Waals surface area contributed by atoms with Crippen LogP contribution in [-0.2, 0) is 4.79 Å². The molecule has 1 amide bonds. The van der Waals surface area contributed by atoms with Crippen LogP contribution in [0.25, 0.3) is 0 Å². The van der Waals surface area contributed by atoms with Gasteiger partial charge >= 0.3 is 0 Å². The number of hydrogen-bond donors (Lipinski definition) is 1. The van der Waals surface area contributed by atoms with E-state index in [1.165, 1.54) is 4.90 Å². The summed E-state index contributed by atoms with van der Waals surface area (Å²) in [4.78, 5) is 12.8. The molecule has 0 saturated heterocycles. The number of hydrogen-bond acceptors (Lipinski definition) is 2. The predicted molar refractivity (Wildman–Crippen MR) is 44.7 cm³/mol. The Bertz CT molecular complexity index is 145. The van der Waals surface area contributed by atoms with Crippen molar-refractivity contribution in [1.29, 1.82) is 0 Å². The van der Waals surface area contributed by atoms with Gasteiger partial charge in [0.05, 0.1) is 4.99 Å². The van der Waals surface area contributed by atoms with E-state index in [0.717, 1.165) is 0 Å². The van der Waals surface area contributed by atoms with E-state index in [1.807, 2.05) is 0 Å². The molecule has 0 spiro atoms. The van der Waals surface area contributed by atoms with Crippen LogP contribution in [0.2, 0.25) is 0 Å².